The molecule has 2 atom stereocenters. The normalized spacial score (nSPS) is 15.0. The van der Waals surface area contributed by atoms with Gasteiger partial charge < -0.3 is 10.1 Å². The Labute approximate surface area is 107 Å². The van der Waals surface area contributed by atoms with Crippen molar-refractivity contribution in [1.82, 2.24) is 5.32 Å². The molecule has 0 aliphatic heterocycles. The van der Waals surface area contributed by atoms with Gasteiger partial charge >= 0.3 is 0 Å². The van der Waals surface area contributed by atoms with E-state index in [2.05, 4.69) is 25.2 Å². The summed E-state index contributed by atoms with van der Waals surface area (Å²) in [6.45, 7) is 6.16. The van der Waals surface area contributed by atoms with Gasteiger partial charge in [0.05, 0.1) is 10.9 Å². The van der Waals surface area contributed by atoms with Crippen LogP contribution < -0.4 is 5.32 Å². The van der Waals surface area contributed by atoms with E-state index < -0.39 is 0 Å². The van der Waals surface area contributed by atoms with Gasteiger partial charge in [-0.15, -0.1) is 11.3 Å². The van der Waals surface area contributed by atoms with Crippen molar-refractivity contribution in [2.24, 2.45) is 5.92 Å². The minimum atomic E-state index is 0.496. The molecule has 16 heavy (non-hydrogen) atoms. The molecule has 0 amide bonds. The number of halogens is 1. The van der Waals surface area contributed by atoms with E-state index >= 15 is 0 Å². The highest BCUT2D eigenvalue weighted by atomic mass is 35.5. The summed E-state index contributed by atoms with van der Waals surface area (Å²) in [5.74, 6) is 0.603. The van der Waals surface area contributed by atoms with Gasteiger partial charge in [0.15, 0.2) is 0 Å². The highest BCUT2D eigenvalue weighted by molar-refractivity contribution is 7.16. The molecule has 1 N–H and O–H groups in total. The Morgan fingerprint density at radius 2 is 2.19 bits per heavy atom. The lowest BCUT2D eigenvalue weighted by Crippen LogP contribution is -2.35. The number of rotatable bonds is 7. The fourth-order valence-corrected chi connectivity index (χ4v) is 2.77. The summed E-state index contributed by atoms with van der Waals surface area (Å²) in [6.07, 6.45) is 1.08. The Morgan fingerprint density at radius 1 is 1.44 bits per heavy atom. The summed E-state index contributed by atoms with van der Waals surface area (Å²) in [7, 11) is 1.73. The van der Waals surface area contributed by atoms with Gasteiger partial charge in [0.25, 0.3) is 0 Å². The first-order chi connectivity index (χ1) is 7.63. The average Bonchev–Trinajstić information content (AvgIpc) is 2.64. The van der Waals surface area contributed by atoms with Crippen molar-refractivity contribution in [3.05, 3.63) is 21.3 Å². The van der Waals surface area contributed by atoms with E-state index in [0.29, 0.717) is 12.0 Å². The molecule has 1 heterocycles. The highest BCUT2D eigenvalue weighted by Gasteiger charge is 2.13. The van der Waals surface area contributed by atoms with Crippen LogP contribution in [0.5, 0.6) is 0 Å². The van der Waals surface area contributed by atoms with E-state index in [-0.39, 0.29) is 0 Å². The molecule has 1 aromatic rings. The topological polar surface area (TPSA) is 21.3 Å². The zero-order valence-corrected chi connectivity index (χ0v) is 11.7. The predicted octanol–water partition coefficient (Wildman–Crippen LogP) is 3.20. The lowest BCUT2D eigenvalue weighted by Gasteiger charge is -2.20. The molecular formula is C12H20ClNOS. The number of ether oxygens (including phenoxy) is 1. The Balaban J connectivity index is 2.30. The second-order valence-corrected chi connectivity index (χ2v) is 5.92. The van der Waals surface area contributed by atoms with Crippen LogP contribution in [-0.4, -0.2) is 26.3 Å². The first-order valence-corrected chi connectivity index (χ1v) is 6.79. The molecule has 2 unspecified atom stereocenters. The third-order valence-corrected chi connectivity index (χ3v) is 4.03. The third-order valence-electron chi connectivity index (χ3n) is 2.78. The largest absolute Gasteiger partial charge is 0.383 e. The molecule has 0 spiro atoms. The van der Waals surface area contributed by atoms with Crippen molar-refractivity contribution in [3.8, 4) is 0 Å². The van der Waals surface area contributed by atoms with E-state index in [0.717, 1.165) is 23.9 Å². The highest BCUT2D eigenvalue weighted by Crippen LogP contribution is 2.24. The van der Waals surface area contributed by atoms with Crippen molar-refractivity contribution >= 4 is 22.9 Å². The van der Waals surface area contributed by atoms with Crippen LogP contribution in [0.15, 0.2) is 12.1 Å². The maximum Gasteiger partial charge on any atom is 0.0931 e. The summed E-state index contributed by atoms with van der Waals surface area (Å²) in [5.41, 5.74) is 0. The zero-order valence-electron chi connectivity index (χ0n) is 10.1. The lowest BCUT2D eigenvalue weighted by atomic mass is 9.99. The molecule has 0 aromatic carbocycles. The second-order valence-electron chi connectivity index (χ2n) is 4.12. The zero-order chi connectivity index (χ0) is 12.0. The van der Waals surface area contributed by atoms with Crippen LogP contribution in [0, 0.1) is 5.92 Å². The number of methoxy groups -OCH3 is 1. The minimum Gasteiger partial charge on any atom is -0.383 e. The molecule has 0 radical (unpaired) electrons. The van der Waals surface area contributed by atoms with E-state index in [1.165, 1.54) is 4.88 Å². The third kappa shape index (κ3) is 4.83. The van der Waals surface area contributed by atoms with Gasteiger partial charge in [0, 0.05) is 24.6 Å². The van der Waals surface area contributed by atoms with Crippen LogP contribution in [0.3, 0.4) is 0 Å². The summed E-state index contributed by atoms with van der Waals surface area (Å²) in [4.78, 5) is 1.36. The van der Waals surface area contributed by atoms with Crippen LogP contribution in [0.1, 0.15) is 18.7 Å². The minimum absolute atomic E-state index is 0.496. The SMILES string of the molecule is COCCNC(C)C(C)Cc1ccc(Cl)s1. The number of thiophene rings is 1. The number of hydrogen-bond donors (Lipinski definition) is 1. The Hall–Kier alpha value is -0.0900. The van der Waals surface area contributed by atoms with Crippen LogP contribution in [0.25, 0.3) is 0 Å². The smallest absolute Gasteiger partial charge is 0.0931 e. The Bertz CT molecular complexity index is 303. The molecule has 1 aromatic heterocycles. The van der Waals surface area contributed by atoms with Gasteiger partial charge in [-0.1, -0.05) is 18.5 Å². The van der Waals surface area contributed by atoms with Crippen LogP contribution in [0.4, 0.5) is 0 Å². The fourth-order valence-electron chi connectivity index (χ4n) is 1.55. The molecule has 0 aliphatic rings. The Morgan fingerprint density at radius 3 is 2.75 bits per heavy atom. The standard InChI is InChI=1S/C12H20ClNOS/c1-9(10(2)14-6-7-15-3)8-11-4-5-12(13)16-11/h4-5,9-10,14H,6-8H2,1-3H3. The van der Waals surface area contributed by atoms with Crippen LogP contribution in [0.2, 0.25) is 4.34 Å². The number of nitrogens with one attached hydrogen (secondary N) is 1. The van der Waals surface area contributed by atoms with E-state index in [1.807, 2.05) is 6.07 Å². The van der Waals surface area contributed by atoms with Gasteiger partial charge in [0.2, 0.25) is 0 Å². The van der Waals surface area contributed by atoms with Crippen LogP contribution >= 0.6 is 22.9 Å². The quantitative estimate of drug-likeness (QED) is 0.761. The van der Waals surface area contributed by atoms with E-state index in [4.69, 9.17) is 16.3 Å². The van der Waals surface area contributed by atoms with Gasteiger partial charge in [-0.2, -0.15) is 0 Å². The molecule has 0 bridgehead atoms. The van der Waals surface area contributed by atoms with E-state index in [9.17, 15) is 0 Å². The fraction of sp³-hybridized carbons (Fsp3) is 0.667. The van der Waals surface area contributed by atoms with Crippen molar-refractivity contribution in [1.29, 1.82) is 0 Å². The second kappa shape index (κ2) is 7.28. The summed E-state index contributed by atoms with van der Waals surface area (Å²) < 4.78 is 5.89. The molecule has 1 rings (SSSR count). The first kappa shape index (κ1) is 14.0. The van der Waals surface area contributed by atoms with Crippen molar-refractivity contribution < 1.29 is 4.74 Å². The first-order valence-electron chi connectivity index (χ1n) is 5.60. The molecule has 92 valence electrons. The predicted molar refractivity (Wildman–Crippen MR) is 71.5 cm³/mol. The average molecular weight is 262 g/mol. The Kier molecular flexibility index (Phi) is 6.36. The summed E-state index contributed by atoms with van der Waals surface area (Å²) >= 11 is 7.59. The molecule has 0 saturated heterocycles. The van der Waals surface area contributed by atoms with Crippen molar-refractivity contribution in [3.63, 3.8) is 0 Å². The molecule has 0 aliphatic carbocycles. The van der Waals surface area contributed by atoms with E-state index in [1.54, 1.807) is 18.4 Å². The summed E-state index contributed by atoms with van der Waals surface area (Å²) in [5, 5.41) is 3.46. The van der Waals surface area contributed by atoms with Gasteiger partial charge in [-0.3, -0.25) is 0 Å². The van der Waals surface area contributed by atoms with Crippen molar-refractivity contribution in [2.75, 3.05) is 20.3 Å². The van der Waals surface area contributed by atoms with Crippen LogP contribution in [-0.2, 0) is 11.2 Å². The molecule has 0 fully saturated rings. The molecule has 4 heteroatoms. The van der Waals surface area contributed by atoms with Gasteiger partial charge in [-0.25, -0.2) is 0 Å². The number of hydrogen-bond acceptors (Lipinski definition) is 3. The lowest BCUT2D eigenvalue weighted by molar-refractivity contribution is 0.192. The molecule has 2 nitrogen and oxygen atoms in total. The maximum atomic E-state index is 5.91. The monoisotopic (exact) mass is 261 g/mol. The van der Waals surface area contributed by atoms with Gasteiger partial charge in [-0.05, 0) is 31.4 Å². The molecular weight excluding hydrogens is 242 g/mol. The maximum absolute atomic E-state index is 5.91. The van der Waals surface area contributed by atoms with Crippen molar-refractivity contribution in [2.45, 2.75) is 26.3 Å². The van der Waals surface area contributed by atoms with Gasteiger partial charge in [0.1, 0.15) is 0 Å². The summed E-state index contributed by atoms with van der Waals surface area (Å²) in [6, 6.07) is 4.58. The molecule has 0 saturated carbocycles.